The lowest BCUT2D eigenvalue weighted by atomic mass is 10.1. The van der Waals surface area contributed by atoms with Gasteiger partial charge in [0.25, 0.3) is 0 Å². The maximum atomic E-state index is 10.1. The van der Waals surface area contributed by atoms with Crippen molar-refractivity contribution in [2.24, 2.45) is 0 Å². The number of nitrogens with zero attached hydrogens (tertiary/aromatic N) is 2. The predicted octanol–water partition coefficient (Wildman–Crippen LogP) is 3.70. The second kappa shape index (κ2) is 13.8. The van der Waals surface area contributed by atoms with Crippen LogP contribution in [0.4, 0.5) is 0 Å². The fourth-order valence-corrected chi connectivity index (χ4v) is 4.53. The largest absolute Gasteiger partial charge is 0.507 e. The molecule has 0 amide bonds. The molecule has 0 atom stereocenters. The Morgan fingerprint density at radius 2 is 0.829 bits per heavy atom. The minimum atomic E-state index is 0.375. The van der Waals surface area contributed by atoms with Gasteiger partial charge in [0.2, 0.25) is 0 Å². The van der Waals surface area contributed by atoms with Gasteiger partial charge in [-0.25, -0.2) is 0 Å². The monoisotopic (exact) mass is 486 g/mol. The highest BCUT2D eigenvalue weighted by atomic mass is 16.5. The minimum Gasteiger partial charge on any atom is -0.507 e. The maximum Gasteiger partial charge on any atom is 0.121 e. The highest BCUT2D eigenvalue weighted by molar-refractivity contribution is 5.42. The SMILES string of the molecule is Cc1cc(CN2CCOCCOCCN(Cc3cc(C)c(O)c(C)c3)CCOCC2)cc(C)c1O. The van der Waals surface area contributed by atoms with Crippen LogP contribution in [0.2, 0.25) is 0 Å². The first-order valence-electron chi connectivity index (χ1n) is 12.6. The first-order valence-corrected chi connectivity index (χ1v) is 12.6. The van der Waals surface area contributed by atoms with Crippen molar-refractivity contribution in [1.29, 1.82) is 0 Å². The summed E-state index contributed by atoms with van der Waals surface area (Å²) in [5.41, 5.74) is 5.99. The molecule has 7 nitrogen and oxygen atoms in total. The van der Waals surface area contributed by atoms with E-state index < -0.39 is 0 Å². The van der Waals surface area contributed by atoms with Gasteiger partial charge in [-0.15, -0.1) is 0 Å². The van der Waals surface area contributed by atoms with Crippen molar-refractivity contribution in [2.75, 3.05) is 65.8 Å². The van der Waals surface area contributed by atoms with Gasteiger partial charge < -0.3 is 24.4 Å². The van der Waals surface area contributed by atoms with E-state index in [0.717, 1.165) is 61.5 Å². The molecule has 0 radical (unpaired) electrons. The zero-order valence-corrected chi connectivity index (χ0v) is 21.8. The van der Waals surface area contributed by atoms with E-state index in [1.165, 1.54) is 11.1 Å². The van der Waals surface area contributed by atoms with Crippen molar-refractivity contribution in [2.45, 2.75) is 40.8 Å². The highest BCUT2D eigenvalue weighted by Gasteiger charge is 2.12. The Hall–Kier alpha value is -2.16. The van der Waals surface area contributed by atoms with Crippen LogP contribution in [0, 0.1) is 27.7 Å². The molecule has 2 aromatic rings. The topological polar surface area (TPSA) is 74.6 Å². The van der Waals surface area contributed by atoms with E-state index in [1.54, 1.807) is 0 Å². The summed E-state index contributed by atoms with van der Waals surface area (Å²) in [5.74, 6) is 0.749. The molecule has 0 bridgehead atoms. The molecule has 1 aliphatic heterocycles. The summed E-state index contributed by atoms with van der Waals surface area (Å²) in [6.07, 6.45) is 0. The lowest BCUT2D eigenvalue weighted by Gasteiger charge is -2.24. The molecule has 0 spiro atoms. The third-order valence-electron chi connectivity index (χ3n) is 6.49. The van der Waals surface area contributed by atoms with Gasteiger partial charge in [-0.1, -0.05) is 24.3 Å². The Morgan fingerprint density at radius 3 is 1.14 bits per heavy atom. The number of hydrogen-bond acceptors (Lipinski definition) is 7. The molecule has 2 aromatic carbocycles. The van der Waals surface area contributed by atoms with E-state index in [4.69, 9.17) is 14.2 Å². The van der Waals surface area contributed by atoms with E-state index in [9.17, 15) is 10.2 Å². The van der Waals surface area contributed by atoms with Crippen LogP contribution >= 0.6 is 0 Å². The summed E-state index contributed by atoms with van der Waals surface area (Å²) in [6, 6.07) is 8.21. The van der Waals surface area contributed by atoms with Gasteiger partial charge in [-0.2, -0.15) is 0 Å². The van der Waals surface area contributed by atoms with Crippen molar-refractivity contribution in [3.63, 3.8) is 0 Å². The van der Waals surface area contributed by atoms with Crippen molar-refractivity contribution >= 4 is 0 Å². The van der Waals surface area contributed by atoms with Gasteiger partial charge >= 0.3 is 0 Å². The summed E-state index contributed by atoms with van der Waals surface area (Å²) in [4.78, 5) is 4.68. The summed E-state index contributed by atoms with van der Waals surface area (Å²) in [7, 11) is 0. The number of aromatic hydroxyl groups is 2. The number of phenolic OH excluding ortho intramolecular Hbond substituents is 2. The van der Waals surface area contributed by atoms with Crippen molar-refractivity contribution in [1.82, 2.24) is 9.80 Å². The normalized spacial score (nSPS) is 18.2. The number of rotatable bonds is 4. The van der Waals surface area contributed by atoms with Crippen LogP contribution in [0.15, 0.2) is 24.3 Å². The zero-order chi connectivity index (χ0) is 25.2. The molecule has 1 saturated heterocycles. The lowest BCUT2D eigenvalue weighted by molar-refractivity contribution is 0.0311. The molecule has 1 heterocycles. The van der Waals surface area contributed by atoms with Crippen LogP contribution in [0.1, 0.15) is 33.4 Å². The van der Waals surface area contributed by atoms with Crippen LogP contribution in [0.25, 0.3) is 0 Å². The van der Waals surface area contributed by atoms with Gasteiger partial charge in [0.15, 0.2) is 0 Å². The average Bonchev–Trinajstić information content (AvgIpc) is 2.82. The van der Waals surface area contributed by atoms with Gasteiger partial charge in [-0.05, 0) is 61.1 Å². The molecule has 1 fully saturated rings. The molecule has 194 valence electrons. The molecular formula is C28H42N2O5. The van der Waals surface area contributed by atoms with Gasteiger partial charge in [-0.3, -0.25) is 9.80 Å². The molecule has 0 aliphatic carbocycles. The number of aryl methyl sites for hydroxylation is 4. The highest BCUT2D eigenvalue weighted by Crippen LogP contribution is 2.24. The van der Waals surface area contributed by atoms with Gasteiger partial charge in [0, 0.05) is 39.3 Å². The Morgan fingerprint density at radius 1 is 0.543 bits per heavy atom. The molecule has 7 heteroatoms. The van der Waals surface area contributed by atoms with E-state index in [2.05, 4.69) is 34.1 Å². The zero-order valence-electron chi connectivity index (χ0n) is 21.8. The fraction of sp³-hybridized carbons (Fsp3) is 0.571. The Bertz CT molecular complexity index is 827. The smallest absolute Gasteiger partial charge is 0.121 e. The molecule has 35 heavy (non-hydrogen) atoms. The number of benzene rings is 2. The summed E-state index contributed by atoms with van der Waals surface area (Å²) < 4.78 is 17.7. The molecule has 2 N–H and O–H groups in total. The Balaban J connectivity index is 1.58. The Labute approximate surface area is 210 Å². The molecule has 1 aliphatic rings. The first kappa shape index (κ1) is 27.4. The van der Waals surface area contributed by atoms with Crippen LogP contribution in [-0.2, 0) is 27.3 Å². The van der Waals surface area contributed by atoms with E-state index in [1.807, 2.05) is 27.7 Å². The summed E-state index contributed by atoms with van der Waals surface area (Å²) in [6.45, 7) is 16.3. The Kier molecular flexibility index (Phi) is 10.8. The van der Waals surface area contributed by atoms with Gasteiger partial charge in [0.05, 0.1) is 39.6 Å². The van der Waals surface area contributed by atoms with Crippen molar-refractivity contribution in [3.8, 4) is 11.5 Å². The number of ether oxygens (including phenoxy) is 3. The fourth-order valence-electron chi connectivity index (χ4n) is 4.53. The number of phenols is 2. The van der Waals surface area contributed by atoms with Gasteiger partial charge in [0.1, 0.15) is 11.5 Å². The standard InChI is InChI=1S/C28H42N2O5/c1-21-15-25(16-22(2)27(21)31)19-29-5-9-33-10-6-30(8-12-35-14-13-34-11-7-29)20-26-17-23(3)28(32)24(4)18-26/h15-18,31-32H,5-14,19-20H2,1-4H3. The van der Waals surface area contributed by atoms with Crippen LogP contribution in [0.3, 0.4) is 0 Å². The second-order valence-corrected chi connectivity index (χ2v) is 9.55. The summed E-state index contributed by atoms with van der Waals surface area (Å²) >= 11 is 0. The third kappa shape index (κ3) is 8.78. The second-order valence-electron chi connectivity index (χ2n) is 9.55. The number of hydrogen-bond donors (Lipinski definition) is 2. The van der Waals surface area contributed by atoms with Crippen LogP contribution in [0.5, 0.6) is 11.5 Å². The van der Waals surface area contributed by atoms with Crippen molar-refractivity contribution in [3.05, 3.63) is 57.6 Å². The molecule has 0 aromatic heterocycles. The molecule has 0 unspecified atom stereocenters. The molecular weight excluding hydrogens is 444 g/mol. The third-order valence-corrected chi connectivity index (χ3v) is 6.49. The predicted molar refractivity (Wildman–Crippen MR) is 138 cm³/mol. The molecule has 3 rings (SSSR count). The first-order chi connectivity index (χ1) is 16.8. The molecule has 0 saturated carbocycles. The van der Waals surface area contributed by atoms with Crippen LogP contribution in [-0.4, -0.2) is 85.8 Å². The van der Waals surface area contributed by atoms with Crippen LogP contribution < -0.4 is 0 Å². The summed E-state index contributed by atoms with van der Waals surface area (Å²) in [5, 5.41) is 20.2. The van der Waals surface area contributed by atoms with Crippen molar-refractivity contribution < 1.29 is 24.4 Å². The quantitative estimate of drug-likeness (QED) is 0.683. The van der Waals surface area contributed by atoms with E-state index in [0.29, 0.717) is 51.1 Å². The average molecular weight is 487 g/mol. The lowest BCUT2D eigenvalue weighted by Crippen LogP contribution is -2.33. The van der Waals surface area contributed by atoms with E-state index >= 15 is 0 Å². The minimum absolute atomic E-state index is 0.375. The van der Waals surface area contributed by atoms with E-state index in [-0.39, 0.29) is 0 Å². The maximum absolute atomic E-state index is 10.1.